The van der Waals surface area contributed by atoms with Crippen LogP contribution in [0.3, 0.4) is 0 Å². The molecule has 0 radical (unpaired) electrons. The summed E-state index contributed by atoms with van der Waals surface area (Å²) in [6.07, 6.45) is -0.797. The Morgan fingerprint density at radius 1 is 1.33 bits per heavy atom. The Balaban J connectivity index is 1.87. The Morgan fingerprint density at radius 3 is 2.70 bits per heavy atom. The van der Waals surface area contributed by atoms with Crippen molar-refractivity contribution in [3.05, 3.63) is 6.33 Å². The number of ether oxygens (including phenoxy) is 1. The van der Waals surface area contributed by atoms with Crippen LogP contribution in [0.1, 0.15) is 26.5 Å². The van der Waals surface area contributed by atoms with Crippen molar-refractivity contribution in [1.82, 2.24) is 19.5 Å². The molecular weight excluding hydrogens is 437 g/mol. The third-order valence-electron chi connectivity index (χ3n) is 4.62. The van der Waals surface area contributed by atoms with Crippen molar-refractivity contribution in [3.63, 3.8) is 0 Å². The van der Waals surface area contributed by atoms with Gasteiger partial charge in [0.25, 0.3) is 0 Å². The third-order valence-corrected chi connectivity index (χ3v) is 5.65. The second-order valence-electron chi connectivity index (χ2n) is 7.32. The molecule has 3 heterocycles. The van der Waals surface area contributed by atoms with E-state index in [2.05, 4.69) is 38.6 Å². The zero-order chi connectivity index (χ0) is 22.1. The quantitative estimate of drug-likeness (QED) is 0.201. The van der Waals surface area contributed by atoms with E-state index in [1.807, 2.05) is 6.26 Å². The summed E-state index contributed by atoms with van der Waals surface area (Å²) in [6, 6.07) is 0. The Bertz CT molecular complexity index is 923. The number of aliphatic hydroxyl groups is 2. The zero-order valence-electron chi connectivity index (χ0n) is 16.7. The number of fused-ring (bicyclic) bond motifs is 1. The molecule has 1 fully saturated rings. The molecule has 0 bridgehead atoms. The molecule has 168 valence electrons. The molecule has 0 aliphatic carbocycles. The van der Waals surface area contributed by atoms with Gasteiger partial charge in [0.15, 0.2) is 28.4 Å². The third kappa shape index (κ3) is 5.29. The minimum Gasteiger partial charge on any atom is -0.387 e. The van der Waals surface area contributed by atoms with Gasteiger partial charge in [-0.1, -0.05) is 25.6 Å². The topological polar surface area (TPSA) is 172 Å². The molecule has 14 heteroatoms. The van der Waals surface area contributed by atoms with Gasteiger partial charge in [-0.2, -0.15) is 0 Å². The molecule has 0 unspecified atom stereocenters. The van der Waals surface area contributed by atoms with Crippen molar-refractivity contribution in [2.24, 2.45) is 5.92 Å². The first-order chi connectivity index (χ1) is 14.1. The molecule has 4 atom stereocenters. The van der Waals surface area contributed by atoms with Crippen LogP contribution in [0, 0.1) is 5.92 Å². The number of nitrogens with zero attached hydrogens (tertiary/aromatic N) is 4. The summed E-state index contributed by atoms with van der Waals surface area (Å²) in [5.41, 5.74) is 0.881. The minimum absolute atomic E-state index is 0.397. The maximum absolute atomic E-state index is 10.9. The number of phosphoric ester groups is 1. The molecule has 3 rings (SSSR count). The van der Waals surface area contributed by atoms with Gasteiger partial charge in [-0.3, -0.25) is 9.09 Å². The highest BCUT2D eigenvalue weighted by Gasteiger charge is 2.45. The maximum Gasteiger partial charge on any atom is 0.469 e. The molecule has 12 nitrogen and oxygen atoms in total. The number of aliphatic hydroxyl groups excluding tert-OH is 2. The molecule has 1 saturated heterocycles. The average molecular weight is 463 g/mol. The normalized spacial score (nSPS) is 24.8. The Hall–Kier alpha value is -1.31. The van der Waals surface area contributed by atoms with Crippen molar-refractivity contribution in [1.29, 1.82) is 0 Å². The number of thioether (sulfide) groups is 1. The van der Waals surface area contributed by atoms with Crippen molar-refractivity contribution in [3.8, 4) is 0 Å². The van der Waals surface area contributed by atoms with Crippen molar-refractivity contribution in [2.75, 3.05) is 24.7 Å². The van der Waals surface area contributed by atoms with Crippen LogP contribution >= 0.6 is 19.6 Å². The van der Waals surface area contributed by atoms with Gasteiger partial charge in [0, 0.05) is 6.54 Å². The van der Waals surface area contributed by atoms with E-state index in [4.69, 9.17) is 14.5 Å². The fraction of sp³-hybridized carbons (Fsp3) is 0.688. The van der Waals surface area contributed by atoms with Crippen LogP contribution in [-0.2, 0) is 13.8 Å². The van der Waals surface area contributed by atoms with Gasteiger partial charge in [0.05, 0.1) is 12.9 Å². The lowest BCUT2D eigenvalue weighted by molar-refractivity contribution is -0.0504. The average Bonchev–Trinajstić information content (AvgIpc) is 3.21. The van der Waals surface area contributed by atoms with Gasteiger partial charge in [0.1, 0.15) is 18.3 Å². The smallest absolute Gasteiger partial charge is 0.387 e. The number of nitrogens with one attached hydrogen (secondary N) is 1. The number of phosphoric acid groups is 1. The van der Waals surface area contributed by atoms with E-state index in [0.29, 0.717) is 34.6 Å². The van der Waals surface area contributed by atoms with Crippen LogP contribution in [0.4, 0.5) is 5.82 Å². The molecule has 1 aliphatic rings. The predicted molar refractivity (Wildman–Crippen MR) is 109 cm³/mol. The fourth-order valence-corrected chi connectivity index (χ4v) is 3.75. The fourth-order valence-electron chi connectivity index (χ4n) is 3.04. The Labute approximate surface area is 177 Å². The molecule has 1 aliphatic heterocycles. The first-order valence-electron chi connectivity index (χ1n) is 9.34. The first kappa shape index (κ1) is 23.4. The van der Waals surface area contributed by atoms with Crippen LogP contribution in [0.15, 0.2) is 11.5 Å². The highest BCUT2D eigenvalue weighted by molar-refractivity contribution is 7.98. The lowest BCUT2D eigenvalue weighted by Gasteiger charge is -2.17. The van der Waals surface area contributed by atoms with Gasteiger partial charge in [-0.05, 0) is 18.6 Å². The van der Waals surface area contributed by atoms with Crippen LogP contribution in [0.25, 0.3) is 11.2 Å². The molecule has 2 aromatic heterocycles. The Morgan fingerprint density at radius 2 is 2.07 bits per heavy atom. The van der Waals surface area contributed by atoms with E-state index >= 15 is 0 Å². The van der Waals surface area contributed by atoms with Crippen molar-refractivity contribution in [2.45, 2.75) is 50.0 Å². The number of aromatic nitrogens is 4. The predicted octanol–water partition coefficient (Wildman–Crippen LogP) is 0.735. The molecule has 0 amide bonds. The van der Waals surface area contributed by atoms with Crippen molar-refractivity contribution >= 4 is 36.6 Å². The van der Waals surface area contributed by atoms with Gasteiger partial charge in [-0.25, -0.2) is 19.5 Å². The van der Waals surface area contributed by atoms with E-state index in [-0.39, 0.29) is 0 Å². The van der Waals surface area contributed by atoms with Crippen LogP contribution in [-0.4, -0.2) is 77.2 Å². The molecule has 5 N–H and O–H groups in total. The SMILES string of the molecule is CSc1nc(NCCC(C)C)c2ncn([C@@H]3O[C@H](COP(=O)(O)O)[C@@H](O)[C@H]3O)c2n1. The monoisotopic (exact) mass is 463 g/mol. The summed E-state index contributed by atoms with van der Waals surface area (Å²) >= 11 is 1.34. The lowest BCUT2D eigenvalue weighted by atomic mass is 10.1. The second-order valence-corrected chi connectivity index (χ2v) is 9.34. The van der Waals surface area contributed by atoms with Gasteiger partial charge in [-0.15, -0.1) is 0 Å². The summed E-state index contributed by atoms with van der Waals surface area (Å²) in [6.45, 7) is 4.36. The molecule has 2 aromatic rings. The Kier molecular flexibility index (Phi) is 7.36. The number of imidazole rings is 1. The highest BCUT2D eigenvalue weighted by Crippen LogP contribution is 2.39. The zero-order valence-corrected chi connectivity index (χ0v) is 18.5. The molecule has 0 aromatic carbocycles. The van der Waals surface area contributed by atoms with Crippen LogP contribution in [0.2, 0.25) is 0 Å². The first-order valence-corrected chi connectivity index (χ1v) is 12.1. The van der Waals surface area contributed by atoms with E-state index in [1.165, 1.54) is 22.7 Å². The summed E-state index contributed by atoms with van der Waals surface area (Å²) < 4.78 is 22.4. The number of hydrogen-bond donors (Lipinski definition) is 5. The van der Waals surface area contributed by atoms with Crippen molar-refractivity contribution < 1.29 is 33.8 Å². The molecule has 0 saturated carbocycles. The lowest BCUT2D eigenvalue weighted by Crippen LogP contribution is -2.33. The van der Waals surface area contributed by atoms with Crippen LogP contribution < -0.4 is 5.32 Å². The summed E-state index contributed by atoms with van der Waals surface area (Å²) in [5.74, 6) is 1.07. The number of anilines is 1. The van der Waals surface area contributed by atoms with Crippen LogP contribution in [0.5, 0.6) is 0 Å². The maximum atomic E-state index is 10.9. The van der Waals surface area contributed by atoms with E-state index < -0.39 is 39.0 Å². The largest absolute Gasteiger partial charge is 0.469 e. The van der Waals surface area contributed by atoms with E-state index in [1.54, 1.807) is 0 Å². The van der Waals surface area contributed by atoms with Gasteiger partial charge < -0.3 is 30.1 Å². The minimum atomic E-state index is -4.74. The number of hydrogen-bond acceptors (Lipinski definition) is 10. The van der Waals surface area contributed by atoms with E-state index in [0.717, 1.165) is 6.42 Å². The number of rotatable bonds is 9. The molecular formula is C16H26N5O7PS. The molecule has 30 heavy (non-hydrogen) atoms. The second kappa shape index (κ2) is 9.45. The summed E-state index contributed by atoms with van der Waals surface area (Å²) in [4.78, 5) is 31.0. The van der Waals surface area contributed by atoms with E-state index in [9.17, 15) is 14.8 Å². The summed E-state index contributed by atoms with van der Waals surface area (Å²) in [7, 11) is -4.74. The van der Waals surface area contributed by atoms with Gasteiger partial charge in [0.2, 0.25) is 0 Å². The molecule has 0 spiro atoms. The summed E-state index contributed by atoms with van der Waals surface area (Å²) in [5, 5.41) is 24.4. The van der Waals surface area contributed by atoms with Gasteiger partial charge >= 0.3 is 7.82 Å². The standard InChI is InChI=1S/C16H26N5O7PS/c1-8(2)4-5-17-13-10-14(20-16(19-13)30-3)21(7-18-10)15-12(23)11(22)9(28-15)6-27-29(24,25)26/h7-9,11-12,15,22-23H,4-6H2,1-3H3,(H,17,19,20)(H2,24,25,26)/t9-,11-,12-,15-/m1/s1. The highest BCUT2D eigenvalue weighted by atomic mass is 32.2.